The molecule has 0 saturated carbocycles. The van der Waals surface area contributed by atoms with Gasteiger partial charge in [0.1, 0.15) is 0 Å². The van der Waals surface area contributed by atoms with Crippen molar-refractivity contribution in [3.63, 3.8) is 0 Å². The largest absolute Gasteiger partial charge is 0.288 e. The number of hydrogen-bond acceptors (Lipinski definition) is 1. The highest BCUT2D eigenvalue weighted by molar-refractivity contribution is 14.1. The zero-order valence-electron chi connectivity index (χ0n) is 7.78. The van der Waals surface area contributed by atoms with Gasteiger partial charge in [-0.15, -0.1) is 0 Å². The zero-order chi connectivity index (χ0) is 9.78. The maximum Gasteiger partial charge on any atom is 0.251 e. The van der Waals surface area contributed by atoms with Crippen LogP contribution in [0.4, 0.5) is 8.78 Å². The Kier molecular flexibility index (Phi) is 5.56. The van der Waals surface area contributed by atoms with E-state index in [-0.39, 0.29) is 12.0 Å². The maximum absolute atomic E-state index is 12.0. The van der Waals surface area contributed by atoms with Gasteiger partial charge in [0, 0.05) is 6.54 Å². The Labute approximate surface area is 86.6 Å². The molecule has 0 radical (unpaired) electrons. The van der Waals surface area contributed by atoms with Crippen LogP contribution in [-0.2, 0) is 0 Å². The molecule has 0 amide bonds. The highest BCUT2D eigenvalue weighted by atomic mass is 127. The lowest BCUT2D eigenvalue weighted by atomic mass is 9.96. The van der Waals surface area contributed by atoms with E-state index in [4.69, 9.17) is 0 Å². The van der Waals surface area contributed by atoms with Gasteiger partial charge < -0.3 is 0 Å². The molecule has 0 aromatic heterocycles. The van der Waals surface area contributed by atoms with Crippen molar-refractivity contribution in [2.24, 2.45) is 5.41 Å². The first-order chi connectivity index (χ1) is 5.35. The molecule has 0 N–H and O–H groups in total. The number of nitrogens with zero attached hydrogens (tertiary/aromatic N) is 1. The van der Waals surface area contributed by atoms with Crippen molar-refractivity contribution >= 4 is 22.6 Å². The molecule has 0 saturated heterocycles. The SMILES string of the molecule is CC(C)(C)CN(CI)CC(F)F. The molecule has 0 rings (SSSR count). The van der Waals surface area contributed by atoms with Gasteiger partial charge in [-0.05, 0) is 5.41 Å². The van der Waals surface area contributed by atoms with E-state index in [9.17, 15) is 8.78 Å². The molecule has 0 unspecified atom stereocenters. The Hall–Kier alpha value is 0.550. The van der Waals surface area contributed by atoms with Gasteiger partial charge in [0.15, 0.2) is 0 Å². The molecule has 0 aliphatic heterocycles. The first-order valence-electron chi connectivity index (χ1n) is 3.91. The minimum absolute atomic E-state index is 0.0973. The summed E-state index contributed by atoms with van der Waals surface area (Å²) < 4.78 is 24.7. The van der Waals surface area contributed by atoms with Crippen LogP contribution in [0.5, 0.6) is 0 Å². The van der Waals surface area contributed by atoms with Gasteiger partial charge in [0.2, 0.25) is 0 Å². The van der Waals surface area contributed by atoms with Gasteiger partial charge in [-0.25, -0.2) is 8.78 Å². The molecule has 0 bridgehead atoms. The lowest BCUT2D eigenvalue weighted by Crippen LogP contribution is -2.35. The van der Waals surface area contributed by atoms with E-state index >= 15 is 0 Å². The molecule has 0 atom stereocenters. The van der Waals surface area contributed by atoms with Crippen molar-refractivity contribution in [1.29, 1.82) is 0 Å². The van der Waals surface area contributed by atoms with Crippen LogP contribution < -0.4 is 0 Å². The van der Waals surface area contributed by atoms with E-state index in [1.165, 1.54) is 0 Å². The third-order valence-electron chi connectivity index (χ3n) is 1.26. The summed E-state index contributed by atoms with van der Waals surface area (Å²) in [4.78, 5) is 1.77. The van der Waals surface area contributed by atoms with Gasteiger partial charge in [-0.1, -0.05) is 43.4 Å². The summed E-state index contributed by atoms with van der Waals surface area (Å²) in [5, 5.41) is 0. The van der Waals surface area contributed by atoms with Crippen LogP contribution >= 0.6 is 22.6 Å². The van der Waals surface area contributed by atoms with Crippen molar-refractivity contribution in [3.05, 3.63) is 0 Å². The lowest BCUT2D eigenvalue weighted by molar-refractivity contribution is 0.0838. The fraction of sp³-hybridized carbons (Fsp3) is 1.00. The first kappa shape index (κ1) is 12.6. The molecule has 0 aromatic carbocycles. The van der Waals surface area contributed by atoms with E-state index in [1.807, 2.05) is 0 Å². The molecule has 4 heteroatoms. The monoisotopic (exact) mass is 291 g/mol. The third kappa shape index (κ3) is 7.21. The number of hydrogen-bond donors (Lipinski definition) is 0. The molecular weight excluding hydrogens is 275 g/mol. The average Bonchev–Trinajstić information content (AvgIpc) is 1.82. The molecule has 0 aromatic rings. The van der Waals surface area contributed by atoms with Crippen LogP contribution in [-0.4, -0.2) is 29.0 Å². The van der Waals surface area contributed by atoms with Crippen LogP contribution in [0.25, 0.3) is 0 Å². The van der Waals surface area contributed by atoms with Gasteiger partial charge in [0.05, 0.1) is 11.1 Å². The van der Waals surface area contributed by atoms with Gasteiger partial charge >= 0.3 is 0 Å². The van der Waals surface area contributed by atoms with Gasteiger partial charge in [0.25, 0.3) is 6.43 Å². The van der Waals surface area contributed by atoms with E-state index in [1.54, 1.807) is 4.90 Å². The van der Waals surface area contributed by atoms with Crippen molar-refractivity contribution in [1.82, 2.24) is 4.90 Å². The summed E-state index contributed by atoms with van der Waals surface area (Å²) in [6.45, 7) is 6.77. The number of rotatable bonds is 4. The topological polar surface area (TPSA) is 3.24 Å². The Morgan fingerprint density at radius 3 is 2.08 bits per heavy atom. The Morgan fingerprint density at radius 2 is 1.83 bits per heavy atom. The molecule has 0 aliphatic carbocycles. The highest BCUT2D eigenvalue weighted by Crippen LogP contribution is 2.16. The van der Waals surface area contributed by atoms with Crippen molar-refractivity contribution < 1.29 is 8.78 Å². The summed E-state index contributed by atoms with van der Waals surface area (Å²) >= 11 is 2.12. The van der Waals surface area contributed by atoms with Gasteiger partial charge in [-0.2, -0.15) is 0 Å². The Bertz CT molecular complexity index is 123. The molecule has 0 spiro atoms. The van der Waals surface area contributed by atoms with Crippen LogP contribution in [0.2, 0.25) is 0 Å². The first-order valence-corrected chi connectivity index (χ1v) is 5.44. The quantitative estimate of drug-likeness (QED) is 0.437. The Morgan fingerprint density at radius 1 is 1.33 bits per heavy atom. The van der Waals surface area contributed by atoms with E-state index in [2.05, 4.69) is 43.4 Å². The summed E-state index contributed by atoms with van der Waals surface area (Å²) in [7, 11) is 0. The fourth-order valence-electron chi connectivity index (χ4n) is 1.02. The van der Waals surface area contributed by atoms with Crippen LogP contribution in [0, 0.1) is 5.41 Å². The molecule has 74 valence electrons. The fourth-order valence-corrected chi connectivity index (χ4v) is 1.54. The lowest BCUT2D eigenvalue weighted by Gasteiger charge is -2.27. The van der Waals surface area contributed by atoms with Crippen molar-refractivity contribution in [2.45, 2.75) is 27.2 Å². The van der Waals surface area contributed by atoms with E-state index in [0.29, 0.717) is 4.55 Å². The smallest absolute Gasteiger partial charge is 0.251 e. The van der Waals surface area contributed by atoms with E-state index in [0.717, 1.165) is 6.54 Å². The average molecular weight is 291 g/mol. The highest BCUT2D eigenvalue weighted by Gasteiger charge is 2.18. The summed E-state index contributed by atoms with van der Waals surface area (Å²) in [5.74, 6) is 0. The van der Waals surface area contributed by atoms with Crippen LogP contribution in [0.3, 0.4) is 0 Å². The molecule has 1 nitrogen and oxygen atoms in total. The van der Waals surface area contributed by atoms with Gasteiger partial charge in [-0.3, -0.25) is 4.90 Å². The second-order valence-electron chi connectivity index (χ2n) is 4.08. The minimum atomic E-state index is -2.22. The zero-order valence-corrected chi connectivity index (χ0v) is 9.94. The molecule has 0 aliphatic rings. The summed E-state index contributed by atoms with van der Waals surface area (Å²) in [6.07, 6.45) is -2.22. The second-order valence-corrected chi connectivity index (χ2v) is 4.77. The molecule has 0 heterocycles. The predicted molar refractivity (Wildman–Crippen MR) is 55.9 cm³/mol. The normalized spacial score (nSPS) is 13.0. The Balaban J connectivity index is 3.83. The minimum Gasteiger partial charge on any atom is -0.288 e. The van der Waals surface area contributed by atoms with E-state index < -0.39 is 6.43 Å². The van der Waals surface area contributed by atoms with Crippen LogP contribution in [0.15, 0.2) is 0 Å². The predicted octanol–water partition coefficient (Wildman–Crippen LogP) is 2.99. The second kappa shape index (κ2) is 5.32. The standard InChI is InChI=1S/C8H16F2IN/c1-8(2,3)5-12(6-11)4-7(9)10/h7H,4-6H2,1-3H3. The maximum atomic E-state index is 12.0. The van der Waals surface area contributed by atoms with Crippen molar-refractivity contribution in [2.75, 3.05) is 17.6 Å². The molecular formula is C8H16F2IN. The third-order valence-corrected chi connectivity index (χ3v) is 2.23. The number of halogens is 3. The molecule has 0 fully saturated rings. The summed E-state index contributed by atoms with van der Waals surface area (Å²) in [6, 6.07) is 0. The van der Waals surface area contributed by atoms with Crippen LogP contribution in [0.1, 0.15) is 20.8 Å². The molecule has 12 heavy (non-hydrogen) atoms. The van der Waals surface area contributed by atoms with Crippen molar-refractivity contribution in [3.8, 4) is 0 Å². The number of alkyl halides is 3. The summed E-state index contributed by atoms with van der Waals surface area (Å²) in [5.41, 5.74) is 0.0973.